The second-order valence-corrected chi connectivity index (χ2v) is 11.3. The highest BCUT2D eigenvalue weighted by Crippen LogP contribution is 2.44. The molecule has 0 spiro atoms. The number of benzene rings is 2. The topological polar surface area (TPSA) is 82.1 Å². The maximum Gasteiger partial charge on any atom is 0.416 e. The van der Waals surface area contributed by atoms with Crippen LogP contribution in [0.5, 0.6) is 5.75 Å². The van der Waals surface area contributed by atoms with E-state index in [1.165, 1.54) is 13.2 Å². The summed E-state index contributed by atoms with van der Waals surface area (Å²) in [5.41, 5.74) is -1.80. The Kier molecular flexibility index (Phi) is 7.09. The molecule has 0 N–H and O–H groups in total. The van der Waals surface area contributed by atoms with Crippen LogP contribution in [-0.2, 0) is 30.5 Å². The summed E-state index contributed by atoms with van der Waals surface area (Å²) in [5, 5.41) is 0. The monoisotopic (exact) mass is 577 g/mol. The number of nitrogens with zero attached hydrogens (tertiary/aromatic N) is 1. The number of fused-ring (bicyclic) bond motifs is 1. The molecule has 12 heteroatoms. The first-order valence-electron chi connectivity index (χ1n) is 10.8. The summed E-state index contributed by atoms with van der Waals surface area (Å²) in [6, 6.07) is 8.39. The van der Waals surface area contributed by atoms with E-state index < -0.39 is 44.1 Å². The van der Waals surface area contributed by atoms with Gasteiger partial charge in [-0.3, -0.25) is 9.10 Å². The summed E-state index contributed by atoms with van der Waals surface area (Å²) in [6.07, 6.45) is -4.52. The van der Waals surface area contributed by atoms with E-state index in [4.69, 9.17) is 14.2 Å². The third kappa shape index (κ3) is 5.14. The number of rotatable bonds is 5. The van der Waals surface area contributed by atoms with Crippen molar-refractivity contribution < 1.29 is 40.6 Å². The molecular weight excluding hydrogens is 555 g/mol. The minimum absolute atomic E-state index is 0.160. The Morgan fingerprint density at radius 2 is 1.91 bits per heavy atom. The molecule has 1 saturated heterocycles. The van der Waals surface area contributed by atoms with Crippen molar-refractivity contribution in [3.05, 3.63) is 52.5 Å². The second kappa shape index (κ2) is 9.62. The van der Waals surface area contributed by atoms with Crippen LogP contribution in [-0.4, -0.2) is 47.4 Å². The van der Waals surface area contributed by atoms with E-state index in [1.54, 1.807) is 12.1 Å². The van der Waals surface area contributed by atoms with Crippen LogP contribution in [0.2, 0.25) is 0 Å². The van der Waals surface area contributed by atoms with Crippen LogP contribution in [0.25, 0.3) is 0 Å². The molecule has 0 amide bonds. The van der Waals surface area contributed by atoms with Gasteiger partial charge in [-0.25, -0.2) is 8.42 Å². The Balaban J connectivity index is 1.74. The summed E-state index contributed by atoms with van der Waals surface area (Å²) in [5.74, 6) is -0.189. The van der Waals surface area contributed by atoms with Crippen molar-refractivity contribution >= 4 is 37.6 Å². The SMILES string of the molecule is COC(=O)C1(CC2CN(S(=O)(=O)c3cccc(C(F)(F)F)c3)c3cc(Br)ccc3O2)CCOCC1. The minimum Gasteiger partial charge on any atom is -0.486 e. The van der Waals surface area contributed by atoms with E-state index in [1.807, 2.05) is 0 Å². The Hall–Kier alpha value is -2.31. The van der Waals surface area contributed by atoms with Crippen molar-refractivity contribution in [1.29, 1.82) is 0 Å². The lowest BCUT2D eigenvalue weighted by atomic mass is 9.75. The molecule has 0 aliphatic carbocycles. The van der Waals surface area contributed by atoms with Gasteiger partial charge in [-0.2, -0.15) is 13.2 Å². The van der Waals surface area contributed by atoms with E-state index in [-0.39, 0.29) is 24.4 Å². The molecule has 35 heavy (non-hydrogen) atoms. The van der Waals surface area contributed by atoms with Gasteiger partial charge in [0.2, 0.25) is 0 Å². The first-order chi connectivity index (χ1) is 16.5. The zero-order chi connectivity index (χ0) is 25.4. The summed E-state index contributed by atoms with van der Waals surface area (Å²) < 4.78 is 85.2. The van der Waals surface area contributed by atoms with Crippen LogP contribution in [0.15, 0.2) is 51.8 Å². The molecule has 4 rings (SSSR count). The smallest absolute Gasteiger partial charge is 0.416 e. The van der Waals surface area contributed by atoms with Gasteiger partial charge in [0.15, 0.2) is 0 Å². The number of halogens is 4. The molecule has 1 fully saturated rings. The third-order valence-corrected chi connectivity index (χ3v) is 8.56. The number of methoxy groups -OCH3 is 1. The number of carbonyl (C=O) groups excluding carboxylic acids is 1. The van der Waals surface area contributed by atoms with Gasteiger partial charge in [0, 0.05) is 24.1 Å². The highest BCUT2D eigenvalue weighted by Gasteiger charge is 2.46. The van der Waals surface area contributed by atoms with E-state index in [0.29, 0.717) is 36.6 Å². The lowest BCUT2D eigenvalue weighted by molar-refractivity contribution is -0.161. The summed E-state index contributed by atoms with van der Waals surface area (Å²) in [7, 11) is -3.11. The molecule has 2 aromatic carbocycles. The van der Waals surface area contributed by atoms with Crippen LogP contribution < -0.4 is 9.04 Å². The van der Waals surface area contributed by atoms with Gasteiger partial charge in [-0.15, -0.1) is 0 Å². The highest BCUT2D eigenvalue weighted by molar-refractivity contribution is 9.10. The molecule has 190 valence electrons. The molecule has 1 unspecified atom stereocenters. The fourth-order valence-corrected chi connectivity index (χ4v) is 6.38. The first-order valence-corrected chi connectivity index (χ1v) is 13.0. The number of esters is 1. The zero-order valence-electron chi connectivity index (χ0n) is 18.7. The van der Waals surface area contributed by atoms with Crippen molar-refractivity contribution in [2.75, 3.05) is 31.2 Å². The van der Waals surface area contributed by atoms with E-state index >= 15 is 0 Å². The van der Waals surface area contributed by atoms with E-state index in [2.05, 4.69) is 15.9 Å². The average Bonchev–Trinajstić information content (AvgIpc) is 2.83. The lowest BCUT2D eigenvalue weighted by Gasteiger charge is -2.41. The number of alkyl halides is 3. The van der Waals surface area contributed by atoms with E-state index in [9.17, 15) is 26.4 Å². The fraction of sp³-hybridized carbons (Fsp3) is 0.435. The largest absolute Gasteiger partial charge is 0.486 e. The number of hydrogen-bond donors (Lipinski definition) is 0. The molecule has 2 heterocycles. The number of hydrogen-bond acceptors (Lipinski definition) is 6. The molecule has 0 bridgehead atoms. The Labute approximate surface area is 209 Å². The standard InChI is InChI=1S/C23H23BrF3NO6S/c1-32-21(29)22(7-9-33-10-8-22)13-17-14-28(19-12-16(24)5-6-20(19)34-17)35(30,31)18-4-2-3-15(11-18)23(25,26)27/h2-6,11-12,17H,7-10,13-14H2,1H3. The molecular formula is C23H23BrF3NO6S. The molecule has 0 radical (unpaired) electrons. The Morgan fingerprint density at radius 3 is 2.57 bits per heavy atom. The number of anilines is 1. The molecule has 7 nitrogen and oxygen atoms in total. The average molecular weight is 578 g/mol. The van der Waals surface area contributed by atoms with Crippen molar-refractivity contribution in [2.24, 2.45) is 5.41 Å². The third-order valence-electron chi connectivity index (χ3n) is 6.29. The van der Waals surface area contributed by atoms with Gasteiger partial charge in [-0.05, 0) is 49.2 Å². The molecule has 1 atom stereocenters. The predicted octanol–water partition coefficient (Wildman–Crippen LogP) is 4.78. The second-order valence-electron chi connectivity index (χ2n) is 8.50. The highest BCUT2D eigenvalue weighted by atomic mass is 79.9. The maximum absolute atomic E-state index is 13.6. The van der Waals surface area contributed by atoms with Gasteiger partial charge >= 0.3 is 12.1 Å². The molecule has 0 saturated carbocycles. The van der Waals surface area contributed by atoms with Crippen molar-refractivity contribution in [2.45, 2.75) is 36.4 Å². The van der Waals surface area contributed by atoms with Gasteiger partial charge in [0.05, 0.1) is 35.2 Å². The summed E-state index contributed by atoms with van der Waals surface area (Å²) in [4.78, 5) is 12.2. The molecule has 2 aliphatic rings. The minimum atomic E-state index is -4.70. The van der Waals surface area contributed by atoms with Crippen LogP contribution in [0.4, 0.5) is 18.9 Å². The maximum atomic E-state index is 13.6. The summed E-state index contributed by atoms with van der Waals surface area (Å²) >= 11 is 3.31. The predicted molar refractivity (Wildman–Crippen MR) is 124 cm³/mol. The van der Waals surface area contributed by atoms with Gasteiger partial charge in [0.1, 0.15) is 11.9 Å². The number of ether oxygens (including phenoxy) is 3. The van der Waals surface area contributed by atoms with Crippen molar-refractivity contribution in [1.82, 2.24) is 0 Å². The Bertz CT molecular complexity index is 1210. The quantitative estimate of drug-likeness (QED) is 0.475. The number of sulfonamides is 1. The lowest BCUT2D eigenvalue weighted by Crippen LogP contribution is -2.48. The van der Waals surface area contributed by atoms with Crippen molar-refractivity contribution in [3.63, 3.8) is 0 Å². The van der Waals surface area contributed by atoms with Crippen LogP contribution in [0, 0.1) is 5.41 Å². The van der Waals surface area contributed by atoms with Gasteiger partial charge in [0.25, 0.3) is 10.0 Å². The van der Waals surface area contributed by atoms with E-state index in [0.717, 1.165) is 22.5 Å². The zero-order valence-corrected chi connectivity index (χ0v) is 21.1. The van der Waals surface area contributed by atoms with Crippen molar-refractivity contribution in [3.8, 4) is 5.75 Å². The van der Waals surface area contributed by atoms with Crippen LogP contribution in [0.3, 0.4) is 0 Å². The number of carbonyl (C=O) groups is 1. The van der Waals surface area contributed by atoms with Crippen LogP contribution in [0.1, 0.15) is 24.8 Å². The normalized spacial score (nSPS) is 20.0. The fourth-order valence-electron chi connectivity index (χ4n) is 4.49. The Morgan fingerprint density at radius 1 is 1.20 bits per heavy atom. The van der Waals surface area contributed by atoms with Crippen LogP contribution >= 0.6 is 15.9 Å². The van der Waals surface area contributed by atoms with Gasteiger partial charge < -0.3 is 14.2 Å². The summed E-state index contributed by atoms with van der Waals surface area (Å²) in [6.45, 7) is 0.497. The molecule has 2 aromatic rings. The first kappa shape index (κ1) is 25.8. The molecule has 2 aliphatic heterocycles. The molecule has 0 aromatic heterocycles. The van der Waals surface area contributed by atoms with Gasteiger partial charge in [-0.1, -0.05) is 22.0 Å².